The van der Waals surface area contributed by atoms with Crippen LogP contribution in [-0.2, 0) is 24.3 Å². The summed E-state index contributed by atoms with van der Waals surface area (Å²) < 4.78 is 0. The van der Waals surface area contributed by atoms with E-state index in [4.69, 9.17) is 5.73 Å². The molecule has 0 unspecified atom stereocenters. The molecule has 0 heterocycles. The van der Waals surface area contributed by atoms with Crippen molar-refractivity contribution in [1.29, 1.82) is 0 Å². The van der Waals surface area contributed by atoms with E-state index >= 15 is 0 Å². The fraction of sp³-hybridized carbons (Fsp3) is 0.160. The van der Waals surface area contributed by atoms with Crippen molar-refractivity contribution in [2.24, 2.45) is 5.73 Å². The summed E-state index contributed by atoms with van der Waals surface area (Å²) in [5.74, 6) is 0.0280. The molecule has 0 bridgehead atoms. The molecule has 3 nitrogen and oxygen atoms in total. The number of benzene rings is 3. The minimum Gasteiger partial charge on any atom is -0.402 e. The summed E-state index contributed by atoms with van der Waals surface area (Å²) >= 11 is 0. The minimum absolute atomic E-state index is 0.0280. The number of nitrogens with zero attached hydrogens (tertiary/aromatic N) is 1. The van der Waals surface area contributed by atoms with Gasteiger partial charge in [-0.1, -0.05) is 91.0 Å². The van der Waals surface area contributed by atoms with E-state index in [1.54, 1.807) is 6.08 Å². The third-order valence-corrected chi connectivity index (χ3v) is 4.47. The van der Waals surface area contributed by atoms with Gasteiger partial charge in [-0.25, -0.2) is 0 Å². The van der Waals surface area contributed by atoms with Crippen molar-refractivity contribution in [3.63, 3.8) is 0 Å². The largest absolute Gasteiger partial charge is 0.402 e. The summed E-state index contributed by atoms with van der Waals surface area (Å²) in [6.07, 6.45) is 2.17. The predicted molar refractivity (Wildman–Crippen MR) is 114 cm³/mol. The summed E-state index contributed by atoms with van der Waals surface area (Å²) in [5.41, 5.74) is 10.2. The lowest BCUT2D eigenvalue weighted by Gasteiger charge is -2.21. The molecule has 0 aliphatic heterocycles. The van der Waals surface area contributed by atoms with Crippen LogP contribution in [0.2, 0.25) is 0 Å². The summed E-state index contributed by atoms with van der Waals surface area (Å²) in [5, 5.41) is 0. The average Bonchev–Trinajstić information content (AvgIpc) is 2.70. The monoisotopic (exact) mass is 370 g/mol. The van der Waals surface area contributed by atoms with Gasteiger partial charge in [-0.2, -0.15) is 0 Å². The van der Waals surface area contributed by atoms with E-state index in [1.165, 1.54) is 11.1 Å². The van der Waals surface area contributed by atoms with Crippen molar-refractivity contribution in [2.75, 3.05) is 6.54 Å². The van der Waals surface area contributed by atoms with E-state index in [9.17, 15) is 4.79 Å². The molecule has 0 aliphatic carbocycles. The Morgan fingerprint density at radius 2 is 1.14 bits per heavy atom. The molecule has 2 N–H and O–H groups in total. The number of hydrogen-bond acceptors (Lipinski definition) is 3. The van der Waals surface area contributed by atoms with Gasteiger partial charge in [0, 0.05) is 31.3 Å². The maximum Gasteiger partial charge on any atom is 0.171 e. The first-order chi connectivity index (χ1) is 13.7. The van der Waals surface area contributed by atoms with Crippen molar-refractivity contribution < 1.29 is 4.79 Å². The number of carbonyl (C=O) groups excluding carboxylic acids is 1. The lowest BCUT2D eigenvalue weighted by Crippen LogP contribution is -2.29. The number of carbonyl (C=O) groups is 1. The Morgan fingerprint density at radius 3 is 1.61 bits per heavy atom. The first-order valence-corrected chi connectivity index (χ1v) is 9.52. The molecule has 28 heavy (non-hydrogen) atoms. The highest BCUT2D eigenvalue weighted by Gasteiger charge is 2.11. The van der Waals surface area contributed by atoms with Crippen molar-refractivity contribution in [2.45, 2.75) is 19.5 Å². The predicted octanol–water partition coefficient (Wildman–Crippen LogP) is 4.34. The highest BCUT2D eigenvalue weighted by atomic mass is 16.1. The zero-order valence-electron chi connectivity index (χ0n) is 16.0. The molecule has 142 valence electrons. The molecule has 3 aromatic carbocycles. The fourth-order valence-corrected chi connectivity index (χ4v) is 3.21. The molecule has 0 aliphatic rings. The van der Waals surface area contributed by atoms with Gasteiger partial charge in [0.25, 0.3) is 0 Å². The molecule has 0 spiro atoms. The van der Waals surface area contributed by atoms with Crippen molar-refractivity contribution in [3.05, 3.63) is 119 Å². The van der Waals surface area contributed by atoms with Crippen molar-refractivity contribution >= 4 is 5.78 Å². The zero-order chi connectivity index (χ0) is 19.6. The normalized spacial score (nSPS) is 11.5. The van der Waals surface area contributed by atoms with Crippen LogP contribution in [0, 0.1) is 0 Å². The summed E-state index contributed by atoms with van der Waals surface area (Å²) in [4.78, 5) is 14.8. The molecule has 0 fully saturated rings. The standard InChI is InChI=1S/C25H26N2O/c26-24(16-21-10-4-1-5-11-21)17-25(28)20-27(18-22-12-6-2-7-13-22)19-23-14-8-3-9-15-23/h1-15,17H,16,18-20,26H2/b24-17+. The van der Waals surface area contributed by atoms with Gasteiger partial charge in [-0.3, -0.25) is 9.69 Å². The van der Waals surface area contributed by atoms with E-state index in [1.807, 2.05) is 66.7 Å². The first kappa shape index (κ1) is 19.6. The van der Waals surface area contributed by atoms with Crippen molar-refractivity contribution in [3.8, 4) is 0 Å². The summed E-state index contributed by atoms with van der Waals surface area (Å²) in [6, 6.07) is 30.4. The molecule has 3 heteroatoms. The van der Waals surface area contributed by atoms with Crippen LogP contribution in [0.3, 0.4) is 0 Å². The van der Waals surface area contributed by atoms with Crippen LogP contribution >= 0.6 is 0 Å². The smallest absolute Gasteiger partial charge is 0.171 e. The lowest BCUT2D eigenvalue weighted by molar-refractivity contribution is -0.116. The Hall–Kier alpha value is -3.17. The van der Waals surface area contributed by atoms with Crippen LogP contribution in [0.5, 0.6) is 0 Å². The maximum absolute atomic E-state index is 12.6. The third kappa shape index (κ3) is 6.53. The first-order valence-electron chi connectivity index (χ1n) is 9.52. The van der Waals surface area contributed by atoms with Crippen LogP contribution in [0.15, 0.2) is 103 Å². The van der Waals surface area contributed by atoms with Gasteiger partial charge in [0.05, 0.1) is 6.54 Å². The molecule has 0 saturated carbocycles. The maximum atomic E-state index is 12.6. The third-order valence-electron chi connectivity index (χ3n) is 4.47. The Balaban J connectivity index is 1.67. The summed E-state index contributed by atoms with van der Waals surface area (Å²) in [6.45, 7) is 1.76. The average molecular weight is 370 g/mol. The molecular weight excluding hydrogens is 344 g/mol. The lowest BCUT2D eigenvalue weighted by atomic mass is 10.1. The van der Waals surface area contributed by atoms with E-state index in [2.05, 4.69) is 29.2 Å². The zero-order valence-corrected chi connectivity index (χ0v) is 16.0. The van der Waals surface area contributed by atoms with E-state index in [0.29, 0.717) is 31.8 Å². The highest BCUT2D eigenvalue weighted by molar-refractivity contribution is 5.92. The van der Waals surface area contributed by atoms with Crippen molar-refractivity contribution in [1.82, 2.24) is 4.90 Å². The Morgan fingerprint density at radius 1 is 0.714 bits per heavy atom. The van der Waals surface area contributed by atoms with Crippen LogP contribution in [-0.4, -0.2) is 17.2 Å². The molecule has 0 radical (unpaired) electrons. The number of allylic oxidation sites excluding steroid dienone is 1. The van der Waals surface area contributed by atoms with E-state index in [0.717, 1.165) is 5.56 Å². The van der Waals surface area contributed by atoms with Gasteiger partial charge in [0.15, 0.2) is 5.78 Å². The SMILES string of the molecule is N/C(=C/C(=O)CN(Cc1ccccc1)Cc1ccccc1)Cc1ccccc1. The number of rotatable bonds is 9. The fourth-order valence-electron chi connectivity index (χ4n) is 3.21. The number of hydrogen-bond donors (Lipinski definition) is 1. The van der Waals surface area contributed by atoms with Gasteiger partial charge >= 0.3 is 0 Å². The molecule has 0 atom stereocenters. The second-order valence-electron chi connectivity index (χ2n) is 6.96. The topological polar surface area (TPSA) is 46.3 Å². The second-order valence-corrected chi connectivity index (χ2v) is 6.96. The number of nitrogens with two attached hydrogens (primary N) is 1. The quantitative estimate of drug-likeness (QED) is 0.570. The van der Waals surface area contributed by atoms with Gasteiger partial charge < -0.3 is 5.73 Å². The molecule has 3 rings (SSSR count). The van der Waals surface area contributed by atoms with Gasteiger partial charge in [0.1, 0.15) is 0 Å². The van der Waals surface area contributed by atoms with Crippen LogP contribution < -0.4 is 5.73 Å². The van der Waals surface area contributed by atoms with Crippen LogP contribution in [0.25, 0.3) is 0 Å². The number of ketones is 1. The Kier molecular flexibility index (Phi) is 7.16. The minimum atomic E-state index is 0.0280. The van der Waals surface area contributed by atoms with E-state index in [-0.39, 0.29) is 5.78 Å². The molecule has 0 saturated heterocycles. The van der Waals surface area contributed by atoms with Crippen LogP contribution in [0.1, 0.15) is 16.7 Å². The Bertz CT molecular complexity index is 848. The van der Waals surface area contributed by atoms with E-state index < -0.39 is 0 Å². The van der Waals surface area contributed by atoms with Gasteiger partial charge in [-0.15, -0.1) is 0 Å². The summed E-state index contributed by atoms with van der Waals surface area (Å²) in [7, 11) is 0. The second kappa shape index (κ2) is 10.2. The van der Waals surface area contributed by atoms with Gasteiger partial charge in [-0.05, 0) is 16.7 Å². The van der Waals surface area contributed by atoms with Crippen LogP contribution in [0.4, 0.5) is 0 Å². The Labute approximate surface area is 167 Å². The molecule has 0 aromatic heterocycles. The molecular formula is C25H26N2O. The molecule has 0 amide bonds. The highest BCUT2D eigenvalue weighted by Crippen LogP contribution is 2.11. The van der Waals surface area contributed by atoms with Gasteiger partial charge in [0.2, 0.25) is 0 Å². The molecule has 3 aromatic rings.